The molecule has 1 N–H and O–H groups in total. The number of hydrogen-bond donors (Lipinski definition) is 1. The van der Waals surface area contributed by atoms with Crippen LogP contribution >= 0.6 is 0 Å². The van der Waals surface area contributed by atoms with Gasteiger partial charge in [-0.25, -0.2) is 0 Å². The Kier molecular flexibility index (Phi) is 8.16. The fraction of sp³-hybridized carbons (Fsp3) is 0.895. The summed E-state index contributed by atoms with van der Waals surface area (Å²) in [6, 6.07) is 0. The van der Waals surface area contributed by atoms with Gasteiger partial charge in [-0.2, -0.15) is 0 Å². The second-order valence-corrected chi connectivity index (χ2v) is 7.49. The zero-order valence-corrected chi connectivity index (χ0v) is 16.3. The van der Waals surface area contributed by atoms with E-state index in [0.717, 1.165) is 52.4 Å². The van der Waals surface area contributed by atoms with Crippen LogP contribution in [0.5, 0.6) is 0 Å². The molecule has 2 heterocycles. The minimum Gasteiger partial charge on any atom is -0.342 e. The summed E-state index contributed by atoms with van der Waals surface area (Å²) in [4.78, 5) is 30.9. The average Bonchev–Trinajstić information content (AvgIpc) is 2.64. The van der Waals surface area contributed by atoms with Gasteiger partial charge in [0.1, 0.15) is 0 Å². The maximum Gasteiger partial charge on any atom is 0.236 e. The molecule has 0 saturated carbocycles. The van der Waals surface area contributed by atoms with E-state index in [1.54, 1.807) is 0 Å². The molecule has 0 spiro atoms. The Morgan fingerprint density at radius 3 is 2.24 bits per heavy atom. The molecule has 2 aliphatic heterocycles. The Hall–Kier alpha value is -1.14. The van der Waals surface area contributed by atoms with Crippen molar-refractivity contribution in [1.29, 1.82) is 0 Å². The molecular weight excluding hydrogens is 316 g/mol. The molecule has 25 heavy (non-hydrogen) atoms. The lowest BCUT2D eigenvalue weighted by molar-refractivity contribution is -0.135. The van der Waals surface area contributed by atoms with Crippen LogP contribution in [-0.2, 0) is 9.59 Å². The van der Waals surface area contributed by atoms with Crippen molar-refractivity contribution < 1.29 is 9.59 Å². The summed E-state index contributed by atoms with van der Waals surface area (Å²) in [6.45, 7) is 13.6. The number of nitrogens with zero attached hydrogens (tertiary/aromatic N) is 3. The van der Waals surface area contributed by atoms with Crippen molar-refractivity contribution in [3.63, 3.8) is 0 Å². The highest BCUT2D eigenvalue weighted by Gasteiger charge is 2.27. The molecule has 0 aromatic rings. The number of rotatable bonds is 7. The third-order valence-electron chi connectivity index (χ3n) is 5.89. The molecule has 0 aliphatic carbocycles. The predicted molar refractivity (Wildman–Crippen MR) is 100 cm³/mol. The van der Waals surface area contributed by atoms with Crippen LogP contribution < -0.4 is 5.32 Å². The molecule has 2 fully saturated rings. The minimum atomic E-state index is 0.198. The van der Waals surface area contributed by atoms with Crippen molar-refractivity contribution in [1.82, 2.24) is 20.0 Å². The molecule has 2 saturated heterocycles. The summed E-state index contributed by atoms with van der Waals surface area (Å²) in [7, 11) is 0. The highest BCUT2D eigenvalue weighted by atomic mass is 16.2. The molecule has 0 aromatic carbocycles. The summed E-state index contributed by atoms with van der Waals surface area (Å²) in [6.07, 6.45) is 3.05. The fourth-order valence-electron chi connectivity index (χ4n) is 4.01. The normalized spacial score (nSPS) is 21.2. The summed E-state index contributed by atoms with van der Waals surface area (Å²) in [5.41, 5.74) is 0. The molecule has 1 atom stereocenters. The predicted octanol–water partition coefficient (Wildman–Crippen LogP) is 1.02. The van der Waals surface area contributed by atoms with Crippen molar-refractivity contribution in [2.45, 2.75) is 40.0 Å². The van der Waals surface area contributed by atoms with Crippen LogP contribution in [0, 0.1) is 11.8 Å². The average molecular weight is 353 g/mol. The number of piperidine rings is 1. The van der Waals surface area contributed by atoms with E-state index in [1.807, 2.05) is 23.6 Å². The number of amides is 2. The number of carbonyl (C=O) groups is 2. The maximum absolute atomic E-state index is 12.6. The number of likely N-dealkylation sites (N-methyl/N-ethyl adjacent to an activating group) is 1. The lowest BCUT2D eigenvalue weighted by Gasteiger charge is -2.36. The van der Waals surface area contributed by atoms with Crippen molar-refractivity contribution in [2.24, 2.45) is 11.8 Å². The van der Waals surface area contributed by atoms with Gasteiger partial charge in [-0.15, -0.1) is 0 Å². The Labute approximate surface area is 152 Å². The van der Waals surface area contributed by atoms with E-state index in [0.29, 0.717) is 30.7 Å². The van der Waals surface area contributed by atoms with Crippen LogP contribution in [0.4, 0.5) is 0 Å². The van der Waals surface area contributed by atoms with Gasteiger partial charge in [-0.1, -0.05) is 6.92 Å². The Morgan fingerprint density at radius 2 is 1.68 bits per heavy atom. The second kappa shape index (κ2) is 10.1. The second-order valence-electron chi connectivity index (χ2n) is 7.49. The number of nitrogens with one attached hydrogen (secondary N) is 1. The largest absolute Gasteiger partial charge is 0.342 e. The van der Waals surface area contributed by atoms with E-state index in [4.69, 9.17) is 0 Å². The summed E-state index contributed by atoms with van der Waals surface area (Å²) in [5.74, 6) is 1.64. The smallest absolute Gasteiger partial charge is 0.236 e. The maximum atomic E-state index is 12.6. The van der Waals surface area contributed by atoms with Gasteiger partial charge in [-0.05, 0) is 51.6 Å². The van der Waals surface area contributed by atoms with Crippen molar-refractivity contribution in [3.8, 4) is 0 Å². The molecule has 2 rings (SSSR count). The van der Waals surface area contributed by atoms with Crippen molar-refractivity contribution in [2.75, 3.05) is 58.9 Å². The van der Waals surface area contributed by atoms with Crippen LogP contribution in [0.3, 0.4) is 0 Å². The Morgan fingerprint density at radius 1 is 1.08 bits per heavy atom. The lowest BCUT2D eigenvalue weighted by atomic mass is 9.84. The van der Waals surface area contributed by atoms with Crippen LogP contribution in [-0.4, -0.2) is 85.4 Å². The first-order valence-corrected chi connectivity index (χ1v) is 10.0. The van der Waals surface area contributed by atoms with E-state index in [1.165, 1.54) is 12.8 Å². The SMILES string of the molecule is CCN(CC)C(=O)CN1CCN(C(=O)CC(C)C2CCNCC2)CC1. The Bertz CT molecular complexity index is 425. The minimum absolute atomic E-state index is 0.198. The van der Waals surface area contributed by atoms with Gasteiger partial charge in [0.25, 0.3) is 0 Å². The molecule has 6 heteroatoms. The Balaban J connectivity index is 1.71. The third-order valence-corrected chi connectivity index (χ3v) is 5.89. The summed E-state index contributed by atoms with van der Waals surface area (Å²) in [5, 5.41) is 3.39. The summed E-state index contributed by atoms with van der Waals surface area (Å²) < 4.78 is 0. The van der Waals surface area contributed by atoms with Crippen LogP contribution in [0.25, 0.3) is 0 Å². The molecule has 0 bridgehead atoms. The molecule has 2 amide bonds. The third kappa shape index (κ3) is 5.96. The first-order valence-electron chi connectivity index (χ1n) is 10.0. The van der Waals surface area contributed by atoms with Gasteiger partial charge < -0.3 is 15.1 Å². The van der Waals surface area contributed by atoms with Crippen molar-refractivity contribution in [3.05, 3.63) is 0 Å². The van der Waals surface area contributed by atoms with Gasteiger partial charge in [0, 0.05) is 45.7 Å². The number of piperazine rings is 1. The molecule has 0 radical (unpaired) electrons. The highest BCUT2D eigenvalue weighted by Crippen LogP contribution is 2.25. The van der Waals surface area contributed by atoms with E-state index in [-0.39, 0.29) is 5.91 Å². The quantitative estimate of drug-likeness (QED) is 0.743. The van der Waals surface area contributed by atoms with E-state index in [9.17, 15) is 9.59 Å². The van der Waals surface area contributed by atoms with Gasteiger partial charge in [0.15, 0.2) is 0 Å². The number of carbonyl (C=O) groups excluding carboxylic acids is 2. The van der Waals surface area contributed by atoms with Gasteiger partial charge in [0.2, 0.25) is 11.8 Å². The zero-order chi connectivity index (χ0) is 18.2. The van der Waals surface area contributed by atoms with E-state index in [2.05, 4.69) is 17.1 Å². The standard InChI is InChI=1S/C19H36N4O2/c1-4-22(5-2)19(25)15-21-10-12-23(13-11-21)18(24)14-16(3)17-6-8-20-9-7-17/h16-17,20H,4-15H2,1-3H3. The van der Waals surface area contributed by atoms with Gasteiger partial charge in [0.05, 0.1) is 6.54 Å². The van der Waals surface area contributed by atoms with Crippen molar-refractivity contribution >= 4 is 11.8 Å². The van der Waals surface area contributed by atoms with Crippen LogP contribution in [0.2, 0.25) is 0 Å². The van der Waals surface area contributed by atoms with Crippen LogP contribution in [0.15, 0.2) is 0 Å². The lowest BCUT2D eigenvalue weighted by Crippen LogP contribution is -2.51. The molecular formula is C19H36N4O2. The van der Waals surface area contributed by atoms with Crippen LogP contribution in [0.1, 0.15) is 40.0 Å². The molecule has 1 unspecified atom stereocenters. The summed E-state index contributed by atoms with van der Waals surface area (Å²) >= 11 is 0. The van der Waals surface area contributed by atoms with Gasteiger partial charge in [-0.3, -0.25) is 14.5 Å². The van der Waals surface area contributed by atoms with Gasteiger partial charge >= 0.3 is 0 Å². The fourth-order valence-corrected chi connectivity index (χ4v) is 4.01. The van der Waals surface area contributed by atoms with E-state index >= 15 is 0 Å². The van der Waals surface area contributed by atoms with E-state index < -0.39 is 0 Å². The molecule has 0 aromatic heterocycles. The first-order chi connectivity index (χ1) is 12.0. The molecule has 144 valence electrons. The highest BCUT2D eigenvalue weighted by molar-refractivity contribution is 5.78. The molecule has 2 aliphatic rings. The first kappa shape index (κ1) is 20.2. The number of hydrogen-bond acceptors (Lipinski definition) is 4. The topological polar surface area (TPSA) is 55.9 Å². The monoisotopic (exact) mass is 352 g/mol. The molecule has 6 nitrogen and oxygen atoms in total. The zero-order valence-electron chi connectivity index (χ0n) is 16.3.